The van der Waals surface area contributed by atoms with Crippen molar-refractivity contribution in [2.75, 3.05) is 19.8 Å². The molecule has 0 unspecified atom stereocenters. The number of carboxylic acids is 1. The highest BCUT2D eigenvalue weighted by molar-refractivity contribution is 6.38. The second kappa shape index (κ2) is 6.50. The number of carbonyl (C=O) groups is 1. The van der Waals surface area contributed by atoms with Gasteiger partial charge in [-0.1, -0.05) is 23.2 Å². The SMILES string of the molecule is O=C(O)c1cc(Cl)c2c(c1Cl)O[C@H](C1CCC3(CC1)OCCO3)CO2. The van der Waals surface area contributed by atoms with Crippen LogP contribution in [0.4, 0.5) is 0 Å². The minimum absolute atomic E-state index is 0.0198. The molecule has 2 fully saturated rings. The van der Waals surface area contributed by atoms with E-state index in [1.807, 2.05) is 0 Å². The Balaban J connectivity index is 1.52. The molecular weight excluding hydrogens is 371 g/mol. The van der Waals surface area contributed by atoms with Gasteiger partial charge < -0.3 is 24.1 Å². The van der Waals surface area contributed by atoms with Crippen molar-refractivity contribution < 1.29 is 28.8 Å². The van der Waals surface area contributed by atoms with Crippen molar-refractivity contribution in [3.05, 3.63) is 21.7 Å². The van der Waals surface area contributed by atoms with Gasteiger partial charge >= 0.3 is 5.97 Å². The monoisotopic (exact) mass is 388 g/mol. The summed E-state index contributed by atoms with van der Waals surface area (Å²) in [5.41, 5.74) is -0.0926. The number of hydrogen-bond acceptors (Lipinski definition) is 5. The number of hydrogen-bond donors (Lipinski definition) is 1. The largest absolute Gasteiger partial charge is 0.484 e. The van der Waals surface area contributed by atoms with E-state index in [9.17, 15) is 9.90 Å². The van der Waals surface area contributed by atoms with Crippen molar-refractivity contribution in [2.24, 2.45) is 5.92 Å². The average Bonchev–Trinajstić information content (AvgIpc) is 3.06. The van der Waals surface area contributed by atoms with Crippen molar-refractivity contribution >= 4 is 29.2 Å². The lowest BCUT2D eigenvalue weighted by molar-refractivity contribution is -0.187. The van der Waals surface area contributed by atoms with E-state index in [0.29, 0.717) is 25.6 Å². The minimum Gasteiger partial charge on any atom is -0.484 e. The van der Waals surface area contributed by atoms with Crippen LogP contribution in [0.3, 0.4) is 0 Å². The fourth-order valence-electron chi connectivity index (χ4n) is 3.80. The van der Waals surface area contributed by atoms with Crippen LogP contribution in [0.1, 0.15) is 36.0 Å². The lowest BCUT2D eigenvalue weighted by atomic mass is 9.81. The molecule has 1 N–H and O–H groups in total. The summed E-state index contributed by atoms with van der Waals surface area (Å²) in [4.78, 5) is 11.3. The molecule has 2 aliphatic heterocycles. The first-order chi connectivity index (χ1) is 12.0. The Morgan fingerprint density at radius 2 is 1.84 bits per heavy atom. The molecule has 3 aliphatic rings. The van der Waals surface area contributed by atoms with Crippen LogP contribution in [0.2, 0.25) is 10.0 Å². The standard InChI is InChI=1S/C17H18Cl2O6/c18-11-7-10(16(20)21)13(19)15-14(11)22-8-12(25-15)9-1-3-17(4-2-9)23-5-6-24-17/h7,9,12H,1-6,8H2,(H,20,21)/t12-/m0/s1. The van der Waals surface area contributed by atoms with E-state index in [1.54, 1.807) is 0 Å². The number of aromatic carboxylic acids is 1. The predicted molar refractivity (Wildman–Crippen MR) is 89.9 cm³/mol. The second-order valence-electron chi connectivity index (χ2n) is 6.60. The molecular formula is C17H18Cl2O6. The first-order valence-corrected chi connectivity index (χ1v) is 9.07. The summed E-state index contributed by atoms with van der Waals surface area (Å²) in [5.74, 6) is -0.800. The summed E-state index contributed by atoms with van der Waals surface area (Å²) >= 11 is 12.3. The molecule has 2 heterocycles. The van der Waals surface area contributed by atoms with Crippen LogP contribution in [0.5, 0.6) is 11.5 Å². The van der Waals surface area contributed by atoms with E-state index < -0.39 is 11.8 Å². The van der Waals surface area contributed by atoms with E-state index in [-0.39, 0.29) is 33.4 Å². The Kier molecular flexibility index (Phi) is 4.48. The van der Waals surface area contributed by atoms with Crippen LogP contribution in [-0.2, 0) is 9.47 Å². The number of ether oxygens (including phenoxy) is 4. The molecule has 8 heteroatoms. The third kappa shape index (κ3) is 3.05. The van der Waals surface area contributed by atoms with E-state index in [1.165, 1.54) is 6.07 Å². The summed E-state index contributed by atoms with van der Waals surface area (Å²) < 4.78 is 23.3. The van der Waals surface area contributed by atoms with Crippen molar-refractivity contribution in [2.45, 2.75) is 37.6 Å². The molecule has 0 aromatic heterocycles. The van der Waals surface area contributed by atoms with E-state index in [0.717, 1.165) is 25.7 Å². The topological polar surface area (TPSA) is 74.2 Å². The Labute approximate surface area is 154 Å². The van der Waals surface area contributed by atoms with Crippen LogP contribution in [0.25, 0.3) is 0 Å². The van der Waals surface area contributed by atoms with Crippen LogP contribution in [0.15, 0.2) is 6.07 Å². The van der Waals surface area contributed by atoms with Gasteiger partial charge in [0, 0.05) is 12.8 Å². The smallest absolute Gasteiger partial charge is 0.337 e. The number of carboxylic acid groups (broad SMARTS) is 1. The Morgan fingerprint density at radius 1 is 1.16 bits per heavy atom. The molecule has 1 aromatic rings. The zero-order chi connectivity index (χ0) is 17.6. The molecule has 1 saturated carbocycles. The van der Waals surface area contributed by atoms with Gasteiger partial charge in [0.1, 0.15) is 17.7 Å². The molecule has 1 atom stereocenters. The molecule has 1 saturated heterocycles. The van der Waals surface area contributed by atoms with Gasteiger partial charge in [0.05, 0.1) is 23.8 Å². The third-order valence-electron chi connectivity index (χ3n) is 5.15. The normalized spacial score (nSPS) is 25.3. The fraction of sp³-hybridized carbons (Fsp3) is 0.588. The van der Waals surface area contributed by atoms with E-state index in [2.05, 4.69) is 0 Å². The molecule has 1 aromatic carbocycles. The van der Waals surface area contributed by atoms with Crippen molar-refractivity contribution in [1.82, 2.24) is 0 Å². The summed E-state index contributed by atoms with van der Waals surface area (Å²) in [6.45, 7) is 1.65. The summed E-state index contributed by atoms with van der Waals surface area (Å²) in [5, 5.41) is 9.46. The van der Waals surface area contributed by atoms with Gasteiger partial charge in [-0.2, -0.15) is 0 Å². The highest BCUT2D eigenvalue weighted by Crippen LogP contribution is 2.48. The Morgan fingerprint density at radius 3 is 2.48 bits per heavy atom. The van der Waals surface area contributed by atoms with Crippen molar-refractivity contribution in [3.8, 4) is 11.5 Å². The molecule has 1 aliphatic carbocycles. The maximum absolute atomic E-state index is 11.3. The highest BCUT2D eigenvalue weighted by atomic mass is 35.5. The number of fused-ring (bicyclic) bond motifs is 1. The van der Waals surface area contributed by atoms with Crippen LogP contribution in [-0.4, -0.2) is 42.8 Å². The van der Waals surface area contributed by atoms with Crippen molar-refractivity contribution in [3.63, 3.8) is 0 Å². The van der Waals surface area contributed by atoms with Crippen LogP contribution >= 0.6 is 23.2 Å². The molecule has 1 spiro atoms. The van der Waals surface area contributed by atoms with E-state index >= 15 is 0 Å². The quantitative estimate of drug-likeness (QED) is 0.830. The molecule has 25 heavy (non-hydrogen) atoms. The zero-order valence-electron chi connectivity index (χ0n) is 13.4. The highest BCUT2D eigenvalue weighted by Gasteiger charge is 2.43. The predicted octanol–water partition coefficient (Wildman–Crippen LogP) is 3.76. The summed E-state index contributed by atoms with van der Waals surface area (Å²) in [6, 6.07) is 1.29. The Hall–Kier alpha value is -1.21. The van der Waals surface area contributed by atoms with Gasteiger partial charge in [-0.15, -0.1) is 0 Å². The van der Waals surface area contributed by atoms with E-state index in [4.69, 9.17) is 42.1 Å². The maximum Gasteiger partial charge on any atom is 0.337 e. The van der Waals surface area contributed by atoms with Gasteiger partial charge in [-0.05, 0) is 24.8 Å². The van der Waals surface area contributed by atoms with Crippen molar-refractivity contribution in [1.29, 1.82) is 0 Å². The number of benzene rings is 1. The average molecular weight is 389 g/mol. The minimum atomic E-state index is -1.16. The van der Waals surface area contributed by atoms with Gasteiger partial charge in [0.2, 0.25) is 0 Å². The van der Waals surface area contributed by atoms with Gasteiger partial charge in [-0.25, -0.2) is 4.79 Å². The van der Waals surface area contributed by atoms with Crippen LogP contribution in [0, 0.1) is 5.92 Å². The summed E-state index contributed by atoms with van der Waals surface area (Å²) in [7, 11) is 0. The summed E-state index contributed by atoms with van der Waals surface area (Å²) in [6.07, 6.45) is 3.19. The third-order valence-corrected chi connectivity index (χ3v) is 5.81. The number of halogens is 2. The Bertz CT molecular complexity index is 691. The first kappa shape index (κ1) is 17.2. The first-order valence-electron chi connectivity index (χ1n) is 8.32. The molecule has 4 rings (SSSR count). The van der Waals surface area contributed by atoms with Gasteiger partial charge in [0.15, 0.2) is 17.3 Å². The second-order valence-corrected chi connectivity index (χ2v) is 7.38. The maximum atomic E-state index is 11.3. The fourth-order valence-corrected chi connectivity index (χ4v) is 4.32. The molecule has 0 bridgehead atoms. The van der Waals surface area contributed by atoms with Gasteiger partial charge in [-0.3, -0.25) is 0 Å². The number of rotatable bonds is 2. The molecule has 0 radical (unpaired) electrons. The lowest BCUT2D eigenvalue weighted by Crippen LogP contribution is -2.43. The molecule has 6 nitrogen and oxygen atoms in total. The molecule has 136 valence electrons. The van der Waals surface area contributed by atoms with Gasteiger partial charge in [0.25, 0.3) is 0 Å². The lowest BCUT2D eigenvalue weighted by Gasteiger charge is -2.40. The van der Waals surface area contributed by atoms with Crippen LogP contribution < -0.4 is 9.47 Å². The zero-order valence-corrected chi connectivity index (χ0v) is 14.9. The molecule has 0 amide bonds.